The lowest BCUT2D eigenvalue weighted by Gasteiger charge is -2.39. The highest BCUT2D eigenvalue weighted by molar-refractivity contribution is 5.82. The fourth-order valence-electron chi connectivity index (χ4n) is 4.95. The lowest BCUT2D eigenvalue weighted by molar-refractivity contribution is -0.227. The lowest BCUT2D eigenvalue weighted by atomic mass is 10.0. The summed E-state index contributed by atoms with van der Waals surface area (Å²) >= 11 is 0. The molecule has 0 fully saturated rings. The normalized spacial score (nSPS) is 12.0. The van der Waals surface area contributed by atoms with Crippen LogP contribution < -0.4 is 11.1 Å². The molecule has 52 heavy (non-hydrogen) atoms. The Bertz CT molecular complexity index is 1400. The van der Waals surface area contributed by atoms with E-state index in [2.05, 4.69) is 27.9 Å². The third-order valence-electron chi connectivity index (χ3n) is 7.85. The maximum atomic E-state index is 13.6. The zero-order chi connectivity index (χ0) is 38.6. The maximum Gasteiger partial charge on any atom is 0.237 e. The van der Waals surface area contributed by atoms with Gasteiger partial charge in [-0.15, -0.1) is 0 Å². The third kappa shape index (κ3) is 18.9. The molecule has 0 spiro atoms. The Labute approximate surface area is 309 Å². The molecule has 0 heterocycles. The summed E-state index contributed by atoms with van der Waals surface area (Å²) < 4.78 is 4.54. The van der Waals surface area contributed by atoms with Crippen molar-refractivity contribution in [3.63, 3.8) is 0 Å². The Morgan fingerprint density at radius 1 is 0.827 bits per heavy atom. The number of carbonyl (C=O) groups is 5. The number of hydroxylamine groups is 2. The largest absolute Gasteiger partial charge is 0.385 e. The van der Waals surface area contributed by atoms with Crippen molar-refractivity contribution in [3.8, 4) is 0 Å². The highest BCUT2D eigenvalue weighted by Gasteiger charge is 2.32. The van der Waals surface area contributed by atoms with Gasteiger partial charge in [0.05, 0.1) is 18.7 Å². The molecule has 3 rings (SSSR count). The molecule has 12 heteroatoms. The number of likely N-dealkylation sites (N-methyl/N-ethyl adjacent to an activating group) is 1. The van der Waals surface area contributed by atoms with E-state index in [1.807, 2.05) is 92.7 Å². The van der Waals surface area contributed by atoms with Gasteiger partial charge in [-0.1, -0.05) is 97.9 Å². The van der Waals surface area contributed by atoms with E-state index in [-0.39, 0.29) is 24.9 Å². The van der Waals surface area contributed by atoms with Crippen molar-refractivity contribution in [2.24, 2.45) is 5.73 Å². The Balaban J connectivity index is 0.00000134. The smallest absolute Gasteiger partial charge is 0.237 e. The zero-order valence-electron chi connectivity index (χ0n) is 31.3. The topological polar surface area (TPSA) is 152 Å². The molecule has 0 bridgehead atoms. The van der Waals surface area contributed by atoms with Crippen molar-refractivity contribution in [1.29, 1.82) is 0 Å². The monoisotopic (exact) mass is 719 g/mol. The summed E-state index contributed by atoms with van der Waals surface area (Å²) in [6.45, 7) is 6.66. The molecular formula is C40H57N5O7. The first-order valence-corrected chi connectivity index (χ1v) is 17.6. The van der Waals surface area contributed by atoms with Crippen LogP contribution in [0.15, 0.2) is 91.0 Å². The van der Waals surface area contributed by atoms with E-state index in [0.29, 0.717) is 44.9 Å². The second-order valence-corrected chi connectivity index (χ2v) is 11.9. The Kier molecular flexibility index (Phi) is 24.1. The molecule has 4 amide bonds. The van der Waals surface area contributed by atoms with Crippen molar-refractivity contribution in [2.75, 3.05) is 40.4 Å². The van der Waals surface area contributed by atoms with Gasteiger partial charge in [-0.25, -0.2) is 0 Å². The average molecular weight is 720 g/mol. The van der Waals surface area contributed by atoms with Gasteiger partial charge in [-0.3, -0.25) is 28.9 Å². The van der Waals surface area contributed by atoms with Gasteiger partial charge >= 0.3 is 0 Å². The number of nitrogens with zero attached hydrogens (tertiary/aromatic N) is 3. The summed E-state index contributed by atoms with van der Waals surface area (Å²) in [6.07, 6.45) is 3.28. The standard InChI is InChI=1S/C34H42N4O5.C3H7NO.C3H8O/c1-28(23-30-15-8-4-9-16-30)43-38(27-41)33(37(26-40)21-22-39)25-36(2)32(24-31-17-10-5-11-18-31)34(42)35-20-12-19-29-13-6-3-7-14-29;1-2-3(4)5;1-3-4-2/h3-11,13-18,22,26-28,32-33H,12,19-21,23-25H2,1-2H3,(H,35,42);2H2,1H3,(H2,4,5);3H2,1-2H3. The Morgan fingerprint density at radius 3 is 1.77 bits per heavy atom. The minimum atomic E-state index is -0.951. The molecule has 0 saturated heterocycles. The quantitative estimate of drug-likeness (QED) is 0.0689. The number of nitrogens with two attached hydrogens (primary N) is 1. The highest BCUT2D eigenvalue weighted by Crippen LogP contribution is 2.15. The van der Waals surface area contributed by atoms with E-state index in [1.54, 1.807) is 26.0 Å². The molecule has 0 aliphatic rings. The molecule has 3 aromatic carbocycles. The predicted molar refractivity (Wildman–Crippen MR) is 203 cm³/mol. The third-order valence-corrected chi connectivity index (χ3v) is 7.85. The van der Waals surface area contributed by atoms with Gasteiger partial charge in [-0.05, 0) is 56.8 Å². The number of aldehydes is 1. The van der Waals surface area contributed by atoms with Crippen molar-refractivity contribution in [1.82, 2.24) is 20.2 Å². The Morgan fingerprint density at radius 2 is 1.33 bits per heavy atom. The number of hydrogen-bond acceptors (Lipinski definition) is 8. The maximum absolute atomic E-state index is 13.6. The van der Waals surface area contributed by atoms with E-state index in [1.165, 1.54) is 10.5 Å². The summed E-state index contributed by atoms with van der Waals surface area (Å²) in [5, 5.41) is 4.13. The number of ether oxygens (including phenoxy) is 1. The van der Waals surface area contributed by atoms with Crippen molar-refractivity contribution < 1.29 is 33.5 Å². The minimum absolute atomic E-state index is 0.0678. The first kappa shape index (κ1) is 45.1. The van der Waals surface area contributed by atoms with E-state index < -0.39 is 18.3 Å². The SMILES string of the molecule is CC(Cc1ccccc1)ON(C=O)C(CN(C)C(Cc1ccccc1)C(=O)NCCCc1ccccc1)N(C=O)CC=O.CCC(N)=O.CCOC. The van der Waals surface area contributed by atoms with Gasteiger partial charge in [0.25, 0.3) is 0 Å². The minimum Gasteiger partial charge on any atom is -0.385 e. The van der Waals surface area contributed by atoms with Gasteiger partial charge < -0.3 is 25.5 Å². The summed E-state index contributed by atoms with van der Waals surface area (Å²) in [6, 6.07) is 28.9. The molecular weight excluding hydrogens is 662 g/mol. The second-order valence-electron chi connectivity index (χ2n) is 11.9. The number of benzene rings is 3. The molecule has 3 N–H and O–H groups in total. The highest BCUT2D eigenvalue weighted by atomic mass is 16.7. The molecule has 0 saturated carbocycles. The number of hydrogen-bond donors (Lipinski definition) is 2. The first-order chi connectivity index (χ1) is 25.1. The number of methoxy groups -OCH3 is 1. The number of carbonyl (C=O) groups excluding carboxylic acids is 5. The van der Waals surface area contributed by atoms with Crippen molar-refractivity contribution >= 4 is 30.9 Å². The number of aryl methyl sites for hydroxylation is 1. The average Bonchev–Trinajstić information content (AvgIpc) is 3.17. The number of rotatable bonds is 22. The van der Waals surface area contributed by atoms with Crippen molar-refractivity contribution in [3.05, 3.63) is 108 Å². The van der Waals surface area contributed by atoms with E-state index in [0.717, 1.165) is 35.6 Å². The van der Waals surface area contributed by atoms with Crippen LogP contribution in [0.3, 0.4) is 0 Å². The summed E-state index contributed by atoms with van der Waals surface area (Å²) in [5.74, 6) is -0.410. The van der Waals surface area contributed by atoms with Crippen LogP contribution in [0.1, 0.15) is 50.3 Å². The van der Waals surface area contributed by atoms with Crippen LogP contribution in [0.5, 0.6) is 0 Å². The van der Waals surface area contributed by atoms with Gasteiger partial charge in [0.1, 0.15) is 12.5 Å². The van der Waals surface area contributed by atoms with Crippen molar-refractivity contribution in [2.45, 2.75) is 71.2 Å². The lowest BCUT2D eigenvalue weighted by Crippen LogP contribution is -2.57. The van der Waals surface area contributed by atoms with Gasteiger partial charge in [-0.2, -0.15) is 5.06 Å². The van der Waals surface area contributed by atoms with Crippen LogP contribution in [0.2, 0.25) is 0 Å². The van der Waals surface area contributed by atoms with Crippen LogP contribution >= 0.6 is 0 Å². The second kappa shape index (κ2) is 27.8. The number of primary amides is 1. The number of amides is 4. The Hall–Kier alpha value is -4.91. The van der Waals surface area contributed by atoms with E-state index in [4.69, 9.17) is 4.84 Å². The van der Waals surface area contributed by atoms with Crippen LogP contribution in [-0.2, 0) is 52.8 Å². The molecule has 0 aliphatic carbocycles. The fourth-order valence-corrected chi connectivity index (χ4v) is 4.95. The predicted octanol–water partition coefficient (Wildman–Crippen LogP) is 3.82. The summed E-state index contributed by atoms with van der Waals surface area (Å²) in [5.41, 5.74) is 7.86. The van der Waals surface area contributed by atoms with Gasteiger partial charge in [0.2, 0.25) is 24.6 Å². The fraction of sp³-hybridized carbons (Fsp3) is 0.425. The van der Waals surface area contributed by atoms with Gasteiger partial charge in [0.15, 0.2) is 0 Å². The van der Waals surface area contributed by atoms with Gasteiger partial charge in [0, 0.05) is 39.6 Å². The molecule has 284 valence electrons. The van der Waals surface area contributed by atoms with E-state index in [9.17, 15) is 24.0 Å². The molecule has 3 atom stereocenters. The van der Waals surface area contributed by atoms with Crippen LogP contribution in [0.25, 0.3) is 0 Å². The number of nitrogens with one attached hydrogen (secondary N) is 1. The van der Waals surface area contributed by atoms with Crippen LogP contribution in [-0.4, -0.2) is 104 Å². The van der Waals surface area contributed by atoms with Crippen LogP contribution in [0, 0.1) is 0 Å². The van der Waals surface area contributed by atoms with E-state index >= 15 is 0 Å². The zero-order valence-corrected chi connectivity index (χ0v) is 31.3. The molecule has 0 radical (unpaired) electrons. The molecule has 3 unspecified atom stereocenters. The molecule has 12 nitrogen and oxygen atoms in total. The molecule has 0 aliphatic heterocycles. The molecule has 3 aromatic rings. The summed E-state index contributed by atoms with van der Waals surface area (Å²) in [7, 11) is 3.45. The summed E-state index contributed by atoms with van der Waals surface area (Å²) in [4.78, 5) is 68.0. The van der Waals surface area contributed by atoms with Crippen LogP contribution in [0.4, 0.5) is 0 Å². The first-order valence-electron chi connectivity index (χ1n) is 17.6. The molecule has 0 aromatic heterocycles.